The molecule has 2 aromatic carbocycles. The molecule has 2 heterocycles. The first-order valence-corrected chi connectivity index (χ1v) is 12.0. The topological polar surface area (TPSA) is 87.7 Å². The Morgan fingerprint density at radius 3 is 2.23 bits per heavy atom. The first kappa shape index (κ1) is 24.4. The van der Waals surface area contributed by atoms with Gasteiger partial charge in [0.2, 0.25) is 0 Å². The van der Waals surface area contributed by atoms with Crippen LogP contribution in [0.5, 0.6) is 0 Å². The predicted molar refractivity (Wildman–Crippen MR) is 121 cm³/mol. The number of pyridine rings is 1. The Kier molecular flexibility index (Phi) is 6.37. The van der Waals surface area contributed by atoms with Gasteiger partial charge in [0, 0.05) is 24.9 Å². The molecule has 1 aromatic heterocycles. The standard InChI is InChI=1S/C24H20F3N3O4S/c1-16-22(31)30(20-7-9-21(10-8-20)35(33,34)24(25,26)27)23(32)29(16)15-18-11-12-28-19(14-18)13-17-5-3-2-4-6-17/h2-12,14,16H,13,15H2,1H3. The number of urea groups is 1. The lowest BCUT2D eigenvalue weighted by Gasteiger charge is -2.20. The number of hydrogen-bond donors (Lipinski definition) is 0. The highest BCUT2D eigenvalue weighted by molar-refractivity contribution is 7.92. The van der Waals surface area contributed by atoms with Crippen molar-refractivity contribution in [1.29, 1.82) is 0 Å². The molecule has 0 radical (unpaired) electrons. The molecule has 0 saturated carbocycles. The molecule has 7 nitrogen and oxygen atoms in total. The molecule has 11 heteroatoms. The summed E-state index contributed by atoms with van der Waals surface area (Å²) in [5.74, 6) is -0.569. The monoisotopic (exact) mass is 503 g/mol. The van der Waals surface area contributed by atoms with Crippen LogP contribution >= 0.6 is 0 Å². The van der Waals surface area contributed by atoms with Gasteiger partial charge in [-0.2, -0.15) is 13.2 Å². The first-order chi connectivity index (χ1) is 16.5. The Morgan fingerprint density at radius 1 is 0.943 bits per heavy atom. The van der Waals surface area contributed by atoms with Crippen molar-refractivity contribution < 1.29 is 31.2 Å². The molecular formula is C24H20F3N3O4S. The second kappa shape index (κ2) is 9.14. The van der Waals surface area contributed by atoms with Crippen LogP contribution < -0.4 is 4.90 Å². The van der Waals surface area contributed by atoms with Crippen molar-refractivity contribution in [3.8, 4) is 0 Å². The molecule has 1 fully saturated rings. The second-order valence-corrected chi connectivity index (χ2v) is 9.96. The van der Waals surface area contributed by atoms with Gasteiger partial charge >= 0.3 is 11.5 Å². The van der Waals surface area contributed by atoms with Crippen molar-refractivity contribution in [2.24, 2.45) is 0 Å². The van der Waals surface area contributed by atoms with Gasteiger partial charge in [-0.15, -0.1) is 0 Å². The third-order valence-corrected chi connectivity index (χ3v) is 7.16. The number of anilines is 1. The van der Waals surface area contributed by atoms with E-state index >= 15 is 0 Å². The predicted octanol–water partition coefficient (Wildman–Crippen LogP) is 4.32. The van der Waals surface area contributed by atoms with E-state index in [0.29, 0.717) is 6.42 Å². The summed E-state index contributed by atoms with van der Waals surface area (Å²) in [5, 5.41) is 0. The number of alkyl halides is 3. The molecule has 1 unspecified atom stereocenters. The minimum atomic E-state index is -5.54. The van der Waals surface area contributed by atoms with Gasteiger partial charge in [-0.3, -0.25) is 9.78 Å². The highest BCUT2D eigenvalue weighted by atomic mass is 32.2. The van der Waals surface area contributed by atoms with Crippen LogP contribution in [0.3, 0.4) is 0 Å². The zero-order valence-corrected chi connectivity index (χ0v) is 19.3. The van der Waals surface area contributed by atoms with Gasteiger partial charge in [0.1, 0.15) is 6.04 Å². The average molecular weight is 504 g/mol. The molecule has 3 amide bonds. The van der Waals surface area contributed by atoms with E-state index in [1.54, 1.807) is 19.2 Å². The number of aromatic nitrogens is 1. The fourth-order valence-electron chi connectivity index (χ4n) is 3.78. The Bertz CT molecular complexity index is 1360. The summed E-state index contributed by atoms with van der Waals surface area (Å²) < 4.78 is 61.5. The van der Waals surface area contributed by atoms with E-state index in [4.69, 9.17) is 0 Å². The summed E-state index contributed by atoms with van der Waals surface area (Å²) in [5.41, 5.74) is -2.86. The van der Waals surface area contributed by atoms with Crippen molar-refractivity contribution in [2.45, 2.75) is 36.3 Å². The van der Waals surface area contributed by atoms with Crippen molar-refractivity contribution in [3.63, 3.8) is 0 Å². The lowest BCUT2D eigenvalue weighted by Crippen LogP contribution is -2.33. The minimum Gasteiger partial charge on any atom is -0.308 e. The van der Waals surface area contributed by atoms with Gasteiger partial charge in [-0.25, -0.2) is 18.1 Å². The smallest absolute Gasteiger partial charge is 0.308 e. The molecular weight excluding hydrogens is 483 g/mol. The minimum absolute atomic E-state index is 0.0185. The molecule has 1 saturated heterocycles. The van der Waals surface area contributed by atoms with Crippen LogP contribution in [0.1, 0.15) is 23.7 Å². The average Bonchev–Trinajstić information content (AvgIpc) is 3.02. The lowest BCUT2D eigenvalue weighted by molar-refractivity contribution is -0.119. The fourth-order valence-corrected chi connectivity index (χ4v) is 4.55. The maximum atomic E-state index is 13.1. The number of nitrogens with zero attached hydrogens (tertiary/aromatic N) is 3. The number of benzene rings is 2. The van der Waals surface area contributed by atoms with Gasteiger partial charge in [-0.1, -0.05) is 30.3 Å². The highest BCUT2D eigenvalue weighted by Gasteiger charge is 2.47. The first-order valence-electron chi connectivity index (χ1n) is 10.5. The molecule has 35 heavy (non-hydrogen) atoms. The zero-order valence-electron chi connectivity index (χ0n) is 18.4. The number of hydrogen-bond acceptors (Lipinski definition) is 5. The summed E-state index contributed by atoms with van der Waals surface area (Å²) in [6.07, 6.45) is 2.22. The number of carbonyl (C=O) groups is 2. The number of carbonyl (C=O) groups excluding carboxylic acids is 2. The van der Waals surface area contributed by atoms with E-state index in [-0.39, 0.29) is 12.2 Å². The third-order valence-electron chi connectivity index (χ3n) is 5.65. The largest absolute Gasteiger partial charge is 0.501 e. The van der Waals surface area contributed by atoms with E-state index in [1.807, 2.05) is 36.4 Å². The molecule has 0 spiro atoms. The summed E-state index contributed by atoms with van der Waals surface area (Å²) in [4.78, 5) is 31.4. The SMILES string of the molecule is CC1C(=O)N(c2ccc(S(=O)(=O)C(F)(F)F)cc2)C(=O)N1Cc1ccnc(Cc2ccccc2)c1. The van der Waals surface area contributed by atoms with Crippen LogP contribution in [0, 0.1) is 0 Å². The Balaban J connectivity index is 1.53. The van der Waals surface area contributed by atoms with Crippen molar-refractivity contribution in [1.82, 2.24) is 9.88 Å². The molecule has 0 N–H and O–H groups in total. The molecule has 1 atom stereocenters. The summed E-state index contributed by atoms with van der Waals surface area (Å²) in [6.45, 7) is 1.67. The summed E-state index contributed by atoms with van der Waals surface area (Å²) in [7, 11) is -5.54. The van der Waals surface area contributed by atoms with Crippen molar-refractivity contribution >= 4 is 27.5 Å². The Morgan fingerprint density at radius 2 is 1.60 bits per heavy atom. The third kappa shape index (κ3) is 4.76. The lowest BCUT2D eigenvalue weighted by atomic mass is 10.1. The van der Waals surface area contributed by atoms with Crippen molar-refractivity contribution in [2.75, 3.05) is 4.90 Å². The van der Waals surface area contributed by atoms with E-state index in [9.17, 15) is 31.2 Å². The van der Waals surface area contributed by atoms with Crippen LogP contribution in [0.15, 0.2) is 77.8 Å². The quantitative estimate of drug-likeness (QED) is 0.468. The highest BCUT2D eigenvalue weighted by Crippen LogP contribution is 2.32. The molecule has 4 rings (SSSR count). The van der Waals surface area contributed by atoms with Gasteiger partial charge < -0.3 is 4.90 Å². The molecule has 0 aliphatic carbocycles. The van der Waals surface area contributed by atoms with Crippen LogP contribution in [0.25, 0.3) is 0 Å². The molecule has 0 bridgehead atoms. The number of amides is 3. The summed E-state index contributed by atoms with van der Waals surface area (Å²) >= 11 is 0. The molecule has 1 aliphatic heterocycles. The molecule has 3 aromatic rings. The summed E-state index contributed by atoms with van der Waals surface area (Å²) in [6, 6.07) is 15.3. The van der Waals surface area contributed by atoms with Crippen LogP contribution in [-0.2, 0) is 27.6 Å². The van der Waals surface area contributed by atoms with Gasteiger partial charge in [0.15, 0.2) is 0 Å². The molecule has 182 valence electrons. The number of sulfone groups is 1. The fraction of sp³-hybridized carbons (Fsp3) is 0.208. The Labute approximate surface area is 199 Å². The van der Waals surface area contributed by atoms with E-state index in [2.05, 4.69) is 4.98 Å². The van der Waals surface area contributed by atoms with Crippen LogP contribution in [0.2, 0.25) is 0 Å². The van der Waals surface area contributed by atoms with E-state index in [1.165, 1.54) is 4.90 Å². The van der Waals surface area contributed by atoms with E-state index in [0.717, 1.165) is 46.0 Å². The second-order valence-electron chi connectivity index (χ2n) is 8.02. The van der Waals surface area contributed by atoms with Crippen LogP contribution in [0.4, 0.5) is 23.7 Å². The maximum Gasteiger partial charge on any atom is 0.501 e. The van der Waals surface area contributed by atoms with Crippen molar-refractivity contribution in [3.05, 3.63) is 89.7 Å². The maximum absolute atomic E-state index is 13.1. The van der Waals surface area contributed by atoms with Gasteiger partial charge in [-0.05, 0) is 54.4 Å². The van der Waals surface area contributed by atoms with Gasteiger partial charge in [0.25, 0.3) is 15.7 Å². The number of imide groups is 1. The van der Waals surface area contributed by atoms with Crippen LogP contribution in [-0.4, -0.2) is 41.8 Å². The van der Waals surface area contributed by atoms with E-state index < -0.39 is 38.2 Å². The Hall–Kier alpha value is -3.73. The number of rotatable bonds is 6. The molecule has 1 aliphatic rings. The normalized spacial score (nSPS) is 16.7. The zero-order chi connectivity index (χ0) is 25.4. The number of halogens is 3. The van der Waals surface area contributed by atoms with Gasteiger partial charge in [0.05, 0.1) is 10.6 Å².